The molecular formula is C14H31N. The van der Waals surface area contributed by atoms with Crippen LogP contribution < -0.4 is 5.32 Å². The van der Waals surface area contributed by atoms with Gasteiger partial charge >= 0.3 is 0 Å². The first kappa shape index (κ1) is 15.0. The molecule has 0 bridgehead atoms. The first-order valence-electron chi connectivity index (χ1n) is 7.04. The zero-order valence-corrected chi connectivity index (χ0v) is 11.1. The van der Waals surface area contributed by atoms with Gasteiger partial charge in [0.1, 0.15) is 0 Å². The highest BCUT2D eigenvalue weighted by atomic mass is 14.9. The van der Waals surface area contributed by atoms with Gasteiger partial charge in [0.05, 0.1) is 0 Å². The van der Waals surface area contributed by atoms with E-state index in [0.717, 1.165) is 0 Å². The molecule has 15 heavy (non-hydrogen) atoms. The molecule has 1 nitrogen and oxygen atoms in total. The zero-order valence-electron chi connectivity index (χ0n) is 11.1. The molecule has 0 fully saturated rings. The first-order chi connectivity index (χ1) is 7.31. The molecule has 92 valence electrons. The Kier molecular flexibility index (Phi) is 12.0. The molecule has 0 aromatic rings. The average Bonchev–Trinajstić information content (AvgIpc) is 2.26. The smallest absolute Gasteiger partial charge is 0.00360 e. The SMILES string of the molecule is CCCCCCCCCCN[C@H](C)CC. The van der Waals surface area contributed by atoms with E-state index in [4.69, 9.17) is 0 Å². The largest absolute Gasteiger partial charge is 0.314 e. The Morgan fingerprint density at radius 1 is 0.800 bits per heavy atom. The van der Waals surface area contributed by atoms with Gasteiger partial charge in [-0.2, -0.15) is 0 Å². The van der Waals surface area contributed by atoms with Crippen molar-refractivity contribution in [2.45, 2.75) is 84.6 Å². The third-order valence-corrected chi connectivity index (χ3v) is 3.14. The zero-order chi connectivity index (χ0) is 11.4. The van der Waals surface area contributed by atoms with Crippen LogP contribution in [0.1, 0.15) is 78.6 Å². The average molecular weight is 213 g/mol. The predicted molar refractivity (Wildman–Crippen MR) is 70.4 cm³/mol. The van der Waals surface area contributed by atoms with Crippen LogP contribution in [0.4, 0.5) is 0 Å². The van der Waals surface area contributed by atoms with Crippen LogP contribution in [0.15, 0.2) is 0 Å². The summed E-state index contributed by atoms with van der Waals surface area (Å²) < 4.78 is 0. The van der Waals surface area contributed by atoms with Crippen molar-refractivity contribution in [1.82, 2.24) is 5.32 Å². The molecule has 0 saturated heterocycles. The molecule has 0 saturated carbocycles. The lowest BCUT2D eigenvalue weighted by molar-refractivity contribution is 0.501. The van der Waals surface area contributed by atoms with E-state index in [0.29, 0.717) is 6.04 Å². The highest BCUT2D eigenvalue weighted by Gasteiger charge is 1.96. The fraction of sp³-hybridized carbons (Fsp3) is 1.00. The van der Waals surface area contributed by atoms with Gasteiger partial charge < -0.3 is 5.32 Å². The van der Waals surface area contributed by atoms with Crippen LogP contribution in [0.2, 0.25) is 0 Å². The third-order valence-electron chi connectivity index (χ3n) is 3.14. The van der Waals surface area contributed by atoms with E-state index < -0.39 is 0 Å². The molecule has 1 N–H and O–H groups in total. The summed E-state index contributed by atoms with van der Waals surface area (Å²) in [5.74, 6) is 0. The van der Waals surface area contributed by atoms with Crippen molar-refractivity contribution in [3.05, 3.63) is 0 Å². The lowest BCUT2D eigenvalue weighted by Crippen LogP contribution is -2.25. The van der Waals surface area contributed by atoms with Gasteiger partial charge in [-0.25, -0.2) is 0 Å². The van der Waals surface area contributed by atoms with E-state index >= 15 is 0 Å². The summed E-state index contributed by atoms with van der Waals surface area (Å²) in [7, 11) is 0. The Morgan fingerprint density at radius 3 is 1.87 bits per heavy atom. The number of unbranched alkanes of at least 4 members (excludes halogenated alkanes) is 7. The van der Waals surface area contributed by atoms with E-state index in [1.807, 2.05) is 0 Å². The van der Waals surface area contributed by atoms with Crippen molar-refractivity contribution in [3.8, 4) is 0 Å². The Bertz CT molecular complexity index is 112. The number of nitrogens with one attached hydrogen (secondary N) is 1. The van der Waals surface area contributed by atoms with Crippen LogP contribution in [0.5, 0.6) is 0 Å². The number of rotatable bonds is 11. The van der Waals surface area contributed by atoms with Gasteiger partial charge in [0.2, 0.25) is 0 Å². The minimum Gasteiger partial charge on any atom is -0.314 e. The van der Waals surface area contributed by atoms with Crippen molar-refractivity contribution in [3.63, 3.8) is 0 Å². The fourth-order valence-electron chi connectivity index (χ4n) is 1.75. The van der Waals surface area contributed by atoms with Gasteiger partial charge in [-0.1, -0.05) is 58.8 Å². The third kappa shape index (κ3) is 11.9. The normalized spacial score (nSPS) is 13.0. The highest BCUT2D eigenvalue weighted by molar-refractivity contribution is 4.57. The molecule has 0 radical (unpaired) electrons. The summed E-state index contributed by atoms with van der Waals surface area (Å²) in [5.41, 5.74) is 0. The summed E-state index contributed by atoms with van der Waals surface area (Å²) in [5, 5.41) is 3.54. The van der Waals surface area contributed by atoms with Crippen LogP contribution in [-0.4, -0.2) is 12.6 Å². The van der Waals surface area contributed by atoms with Gasteiger partial charge in [0.25, 0.3) is 0 Å². The van der Waals surface area contributed by atoms with E-state index in [-0.39, 0.29) is 0 Å². The molecule has 0 unspecified atom stereocenters. The van der Waals surface area contributed by atoms with Crippen molar-refractivity contribution >= 4 is 0 Å². The van der Waals surface area contributed by atoms with Crippen molar-refractivity contribution in [2.75, 3.05) is 6.54 Å². The summed E-state index contributed by atoms with van der Waals surface area (Å²) in [6.07, 6.45) is 12.6. The van der Waals surface area contributed by atoms with Gasteiger partial charge in [0.15, 0.2) is 0 Å². The van der Waals surface area contributed by atoms with Crippen molar-refractivity contribution in [1.29, 1.82) is 0 Å². The molecule has 0 aliphatic rings. The van der Waals surface area contributed by atoms with E-state index in [1.165, 1.54) is 64.3 Å². The monoisotopic (exact) mass is 213 g/mol. The summed E-state index contributed by atoms with van der Waals surface area (Å²) in [6.45, 7) is 8.00. The molecule has 0 aliphatic heterocycles. The Balaban J connectivity index is 2.92. The molecule has 0 spiro atoms. The molecule has 0 aromatic heterocycles. The second-order valence-electron chi connectivity index (χ2n) is 4.74. The minimum absolute atomic E-state index is 0.703. The van der Waals surface area contributed by atoms with E-state index in [1.54, 1.807) is 0 Å². The van der Waals surface area contributed by atoms with Crippen LogP contribution >= 0.6 is 0 Å². The second-order valence-corrected chi connectivity index (χ2v) is 4.74. The minimum atomic E-state index is 0.703. The molecule has 0 rings (SSSR count). The van der Waals surface area contributed by atoms with Crippen molar-refractivity contribution < 1.29 is 0 Å². The summed E-state index contributed by atoms with van der Waals surface area (Å²) >= 11 is 0. The Labute approximate surface area is 97.0 Å². The topological polar surface area (TPSA) is 12.0 Å². The molecule has 0 amide bonds. The predicted octanol–water partition coefficient (Wildman–Crippen LogP) is 4.52. The number of hydrogen-bond acceptors (Lipinski definition) is 1. The lowest BCUT2D eigenvalue weighted by atomic mass is 10.1. The van der Waals surface area contributed by atoms with Gasteiger partial charge in [-0.3, -0.25) is 0 Å². The van der Waals surface area contributed by atoms with Gasteiger partial charge in [-0.05, 0) is 26.3 Å². The Hall–Kier alpha value is -0.0400. The lowest BCUT2D eigenvalue weighted by Gasteiger charge is -2.10. The maximum absolute atomic E-state index is 3.54. The Morgan fingerprint density at radius 2 is 1.33 bits per heavy atom. The van der Waals surface area contributed by atoms with E-state index in [9.17, 15) is 0 Å². The van der Waals surface area contributed by atoms with E-state index in [2.05, 4.69) is 26.1 Å². The molecule has 0 aromatic carbocycles. The fourth-order valence-corrected chi connectivity index (χ4v) is 1.75. The molecular weight excluding hydrogens is 182 g/mol. The summed E-state index contributed by atoms with van der Waals surface area (Å²) in [4.78, 5) is 0. The van der Waals surface area contributed by atoms with Crippen molar-refractivity contribution in [2.24, 2.45) is 0 Å². The molecule has 0 aliphatic carbocycles. The number of hydrogen-bond donors (Lipinski definition) is 1. The maximum Gasteiger partial charge on any atom is 0.00360 e. The quantitative estimate of drug-likeness (QED) is 0.498. The van der Waals surface area contributed by atoms with Crippen LogP contribution in [0, 0.1) is 0 Å². The van der Waals surface area contributed by atoms with Gasteiger partial charge in [0, 0.05) is 6.04 Å². The van der Waals surface area contributed by atoms with Crippen LogP contribution in [-0.2, 0) is 0 Å². The second kappa shape index (κ2) is 12.0. The van der Waals surface area contributed by atoms with Crippen LogP contribution in [0.25, 0.3) is 0 Å². The summed E-state index contributed by atoms with van der Waals surface area (Å²) in [6, 6.07) is 0.703. The molecule has 1 heteroatoms. The standard InChI is InChI=1S/C14H31N/c1-4-6-7-8-9-10-11-12-13-15-14(3)5-2/h14-15H,4-13H2,1-3H3/t14-/m1/s1. The molecule has 1 atom stereocenters. The maximum atomic E-state index is 3.54. The van der Waals surface area contributed by atoms with Crippen LogP contribution in [0.3, 0.4) is 0 Å². The molecule has 0 heterocycles. The van der Waals surface area contributed by atoms with Gasteiger partial charge in [-0.15, -0.1) is 0 Å². The first-order valence-corrected chi connectivity index (χ1v) is 7.04. The highest BCUT2D eigenvalue weighted by Crippen LogP contribution is 2.07.